The van der Waals surface area contributed by atoms with Gasteiger partial charge in [0, 0.05) is 18.0 Å². The van der Waals surface area contributed by atoms with E-state index in [4.69, 9.17) is 0 Å². The largest absolute Gasteiger partial charge is 0.350 e. The van der Waals surface area contributed by atoms with Crippen molar-refractivity contribution in [3.63, 3.8) is 0 Å². The molecule has 1 heterocycles. The molecule has 1 rings (SSSR count). The van der Waals surface area contributed by atoms with Crippen molar-refractivity contribution in [3.05, 3.63) is 16.3 Å². The van der Waals surface area contributed by atoms with Gasteiger partial charge in [-0.1, -0.05) is 0 Å². The minimum atomic E-state index is 0. The van der Waals surface area contributed by atoms with Gasteiger partial charge in [-0.2, -0.15) is 0 Å². The molecule has 86 valence electrons. The fourth-order valence-electron chi connectivity index (χ4n) is 1.01. The molecule has 0 unspecified atom stereocenters. The second-order valence-corrected chi connectivity index (χ2v) is 4.44. The summed E-state index contributed by atoms with van der Waals surface area (Å²) in [6, 6.07) is 1.97. The van der Waals surface area contributed by atoms with Crippen LogP contribution in [0.4, 0.5) is 0 Å². The summed E-state index contributed by atoms with van der Waals surface area (Å²) < 4.78 is 0. The van der Waals surface area contributed by atoms with Crippen molar-refractivity contribution in [2.75, 3.05) is 26.4 Å². The molecule has 1 aromatic rings. The number of hydrogen-bond donors (Lipinski definition) is 2. The van der Waals surface area contributed by atoms with Gasteiger partial charge in [0.1, 0.15) is 4.88 Å². The predicted octanol–water partition coefficient (Wildman–Crippen LogP) is 1.84. The van der Waals surface area contributed by atoms with Crippen LogP contribution in [0, 0.1) is 0 Å². The third kappa shape index (κ3) is 4.42. The Morgan fingerprint density at radius 3 is 2.87 bits per heavy atom. The van der Waals surface area contributed by atoms with Crippen LogP contribution in [0.25, 0.3) is 0 Å². The van der Waals surface area contributed by atoms with Gasteiger partial charge in [0.2, 0.25) is 0 Å². The van der Waals surface area contributed by atoms with E-state index in [0.29, 0.717) is 6.54 Å². The molecule has 0 saturated heterocycles. The maximum Gasteiger partial charge on any atom is 0.262 e. The number of amides is 1. The van der Waals surface area contributed by atoms with Gasteiger partial charge < -0.3 is 10.6 Å². The highest BCUT2D eigenvalue weighted by molar-refractivity contribution is 7.98. The first-order valence-electron chi connectivity index (χ1n) is 4.34. The van der Waals surface area contributed by atoms with E-state index in [-0.39, 0.29) is 18.3 Å². The molecule has 0 bridgehead atoms. The molecule has 0 spiro atoms. The first kappa shape index (κ1) is 14.8. The summed E-state index contributed by atoms with van der Waals surface area (Å²) in [5, 5.41) is 7.78. The molecule has 0 atom stereocenters. The fraction of sp³-hybridized carbons (Fsp3) is 0.444. The zero-order chi connectivity index (χ0) is 10.4. The Balaban J connectivity index is 0.00000196. The van der Waals surface area contributed by atoms with Gasteiger partial charge in [-0.3, -0.25) is 4.79 Å². The maximum atomic E-state index is 11.6. The van der Waals surface area contributed by atoms with Crippen molar-refractivity contribution in [1.82, 2.24) is 10.6 Å². The van der Waals surface area contributed by atoms with E-state index in [1.54, 1.807) is 11.8 Å². The van der Waals surface area contributed by atoms with Crippen LogP contribution in [0.15, 0.2) is 16.3 Å². The van der Waals surface area contributed by atoms with Gasteiger partial charge >= 0.3 is 0 Å². The number of likely N-dealkylation sites (N-methyl/N-ethyl adjacent to an activating group) is 1. The minimum Gasteiger partial charge on any atom is -0.350 e. The third-order valence-corrected chi connectivity index (χ3v) is 3.54. The van der Waals surface area contributed by atoms with Crippen LogP contribution in [0.3, 0.4) is 0 Å². The van der Waals surface area contributed by atoms with Crippen molar-refractivity contribution in [1.29, 1.82) is 0 Å². The molecule has 15 heavy (non-hydrogen) atoms. The molecule has 0 aliphatic carbocycles. The summed E-state index contributed by atoms with van der Waals surface area (Å²) in [6.07, 6.45) is 1.98. The lowest BCUT2D eigenvalue weighted by Gasteiger charge is -2.03. The zero-order valence-corrected chi connectivity index (χ0v) is 11.2. The molecule has 0 aliphatic rings. The van der Waals surface area contributed by atoms with Crippen LogP contribution in [-0.4, -0.2) is 32.3 Å². The number of halogens is 1. The summed E-state index contributed by atoms with van der Waals surface area (Å²) in [5.41, 5.74) is 0. The maximum absolute atomic E-state index is 11.6. The molecule has 0 radical (unpaired) electrons. The van der Waals surface area contributed by atoms with Crippen molar-refractivity contribution >= 4 is 41.4 Å². The van der Waals surface area contributed by atoms with Gasteiger partial charge in [0.25, 0.3) is 5.91 Å². The number of carbonyl (C=O) groups excluding carboxylic acids is 1. The van der Waals surface area contributed by atoms with E-state index < -0.39 is 0 Å². The number of hydrogen-bond acceptors (Lipinski definition) is 4. The Hall–Kier alpha value is -0.230. The lowest BCUT2D eigenvalue weighted by Crippen LogP contribution is -2.30. The van der Waals surface area contributed by atoms with E-state index in [0.717, 1.165) is 16.3 Å². The number of rotatable bonds is 5. The van der Waals surface area contributed by atoms with Gasteiger partial charge in [-0.25, -0.2) is 0 Å². The number of thiophene rings is 1. The summed E-state index contributed by atoms with van der Waals surface area (Å²) in [4.78, 5) is 13.5. The van der Waals surface area contributed by atoms with Gasteiger partial charge in [0.15, 0.2) is 0 Å². The van der Waals surface area contributed by atoms with Crippen LogP contribution in [0.5, 0.6) is 0 Å². The highest BCUT2D eigenvalue weighted by atomic mass is 35.5. The zero-order valence-electron chi connectivity index (χ0n) is 8.70. The molecular formula is C9H15ClN2OS2. The van der Waals surface area contributed by atoms with E-state index >= 15 is 0 Å². The number of carbonyl (C=O) groups is 1. The van der Waals surface area contributed by atoms with Crippen LogP contribution < -0.4 is 10.6 Å². The van der Waals surface area contributed by atoms with E-state index in [1.807, 2.05) is 24.7 Å². The highest BCUT2D eigenvalue weighted by Crippen LogP contribution is 2.25. The summed E-state index contributed by atoms with van der Waals surface area (Å²) in [7, 11) is 1.87. The molecule has 0 aliphatic heterocycles. The second kappa shape index (κ2) is 7.98. The Kier molecular flexibility index (Phi) is 7.86. The van der Waals surface area contributed by atoms with Gasteiger partial charge in [-0.15, -0.1) is 35.5 Å². The summed E-state index contributed by atoms with van der Waals surface area (Å²) in [6.45, 7) is 1.47. The van der Waals surface area contributed by atoms with Crippen LogP contribution in [0.1, 0.15) is 9.67 Å². The lowest BCUT2D eigenvalue weighted by atomic mass is 10.4. The molecule has 0 aromatic carbocycles. The Bertz CT molecular complexity index is 304. The molecular weight excluding hydrogens is 252 g/mol. The van der Waals surface area contributed by atoms with Crippen molar-refractivity contribution in [2.45, 2.75) is 4.90 Å². The van der Waals surface area contributed by atoms with Crippen molar-refractivity contribution in [3.8, 4) is 0 Å². The fourth-order valence-corrected chi connectivity index (χ4v) is 2.67. The van der Waals surface area contributed by atoms with Crippen LogP contribution >= 0.6 is 35.5 Å². The molecule has 3 nitrogen and oxygen atoms in total. The van der Waals surface area contributed by atoms with Crippen molar-refractivity contribution in [2.24, 2.45) is 0 Å². The average Bonchev–Trinajstić information content (AvgIpc) is 2.65. The smallest absolute Gasteiger partial charge is 0.262 e. The molecule has 1 aromatic heterocycles. The standard InChI is InChI=1S/C9H14N2OS2.ClH/c1-10-4-5-11-9(12)8-7(13-2)3-6-14-8;/h3,6,10H,4-5H2,1-2H3,(H,11,12);1H. The van der Waals surface area contributed by atoms with E-state index in [2.05, 4.69) is 10.6 Å². The van der Waals surface area contributed by atoms with Crippen LogP contribution in [-0.2, 0) is 0 Å². The summed E-state index contributed by atoms with van der Waals surface area (Å²) >= 11 is 3.09. The van der Waals surface area contributed by atoms with Gasteiger partial charge in [-0.05, 0) is 24.7 Å². The third-order valence-electron chi connectivity index (χ3n) is 1.72. The number of nitrogens with one attached hydrogen (secondary N) is 2. The first-order chi connectivity index (χ1) is 6.79. The van der Waals surface area contributed by atoms with Crippen LogP contribution in [0.2, 0.25) is 0 Å². The lowest BCUT2D eigenvalue weighted by molar-refractivity contribution is 0.0955. The molecule has 1 amide bonds. The highest BCUT2D eigenvalue weighted by Gasteiger charge is 2.11. The normalized spacial score (nSPS) is 9.47. The van der Waals surface area contributed by atoms with E-state index in [1.165, 1.54) is 11.3 Å². The monoisotopic (exact) mass is 266 g/mol. The Morgan fingerprint density at radius 1 is 1.53 bits per heavy atom. The average molecular weight is 267 g/mol. The van der Waals surface area contributed by atoms with Crippen molar-refractivity contribution < 1.29 is 4.79 Å². The Labute approximate surface area is 104 Å². The van der Waals surface area contributed by atoms with E-state index in [9.17, 15) is 4.79 Å². The molecule has 2 N–H and O–H groups in total. The molecule has 0 fully saturated rings. The van der Waals surface area contributed by atoms with Gasteiger partial charge in [0.05, 0.1) is 0 Å². The number of thioether (sulfide) groups is 1. The quantitative estimate of drug-likeness (QED) is 0.631. The molecule has 0 saturated carbocycles. The summed E-state index contributed by atoms with van der Waals surface area (Å²) in [5.74, 6) is 0.0274. The minimum absolute atomic E-state index is 0. The topological polar surface area (TPSA) is 41.1 Å². The predicted molar refractivity (Wildman–Crippen MR) is 69.6 cm³/mol. The Morgan fingerprint density at radius 2 is 2.27 bits per heavy atom. The SMILES string of the molecule is CNCCNC(=O)c1sccc1SC.Cl. The second-order valence-electron chi connectivity index (χ2n) is 2.68. The molecule has 6 heteroatoms. The first-order valence-corrected chi connectivity index (χ1v) is 6.44.